The molecule has 0 bridgehead atoms. The predicted octanol–water partition coefficient (Wildman–Crippen LogP) is 3.21. The Morgan fingerprint density at radius 2 is 2.26 bits per heavy atom. The van der Waals surface area contributed by atoms with Crippen LogP contribution in [0.2, 0.25) is 0 Å². The standard InChI is InChI=1S/C17H21F3N4O2S/c18-17(19,20)14-11-27-15(24-14)10-23-16(22-9-13-4-2-8-26-13)21-6-5-12-3-1-7-25-12/h1,3,7,11,13H,2,4-6,8-10H2,(H2,21,22,23). The molecule has 2 aromatic heterocycles. The Labute approximate surface area is 158 Å². The molecule has 0 aromatic carbocycles. The van der Waals surface area contributed by atoms with E-state index in [4.69, 9.17) is 9.15 Å². The molecular weight excluding hydrogens is 381 g/mol. The van der Waals surface area contributed by atoms with Gasteiger partial charge in [-0.15, -0.1) is 11.3 Å². The van der Waals surface area contributed by atoms with Crippen molar-refractivity contribution in [3.63, 3.8) is 0 Å². The minimum absolute atomic E-state index is 0.0718. The van der Waals surface area contributed by atoms with Crippen molar-refractivity contribution in [3.8, 4) is 0 Å². The van der Waals surface area contributed by atoms with Crippen LogP contribution in [0.3, 0.4) is 0 Å². The lowest BCUT2D eigenvalue weighted by atomic mass is 10.2. The first-order chi connectivity index (χ1) is 13.0. The van der Waals surface area contributed by atoms with Gasteiger partial charge in [-0.05, 0) is 25.0 Å². The number of ether oxygens (including phenoxy) is 1. The first kappa shape index (κ1) is 19.7. The first-order valence-corrected chi connectivity index (χ1v) is 9.56. The van der Waals surface area contributed by atoms with Gasteiger partial charge in [-0.2, -0.15) is 13.2 Å². The van der Waals surface area contributed by atoms with E-state index in [1.54, 1.807) is 6.26 Å². The Morgan fingerprint density at radius 1 is 1.37 bits per heavy atom. The molecule has 0 aliphatic carbocycles. The Hall–Kier alpha value is -2.07. The molecule has 2 N–H and O–H groups in total. The van der Waals surface area contributed by atoms with Gasteiger partial charge in [-0.3, -0.25) is 0 Å². The summed E-state index contributed by atoms with van der Waals surface area (Å²) in [7, 11) is 0. The molecule has 1 atom stereocenters. The van der Waals surface area contributed by atoms with E-state index < -0.39 is 11.9 Å². The van der Waals surface area contributed by atoms with Crippen LogP contribution in [0.15, 0.2) is 33.2 Å². The van der Waals surface area contributed by atoms with Gasteiger partial charge >= 0.3 is 6.18 Å². The van der Waals surface area contributed by atoms with E-state index in [9.17, 15) is 13.2 Å². The zero-order valence-electron chi connectivity index (χ0n) is 14.6. The molecule has 0 saturated carbocycles. The van der Waals surface area contributed by atoms with Crippen molar-refractivity contribution in [3.05, 3.63) is 40.2 Å². The molecule has 0 spiro atoms. The summed E-state index contributed by atoms with van der Waals surface area (Å²) in [5.41, 5.74) is -0.877. The fourth-order valence-electron chi connectivity index (χ4n) is 2.61. The number of nitrogens with one attached hydrogen (secondary N) is 2. The highest BCUT2D eigenvalue weighted by molar-refractivity contribution is 7.09. The van der Waals surface area contributed by atoms with Crippen LogP contribution in [0, 0.1) is 0 Å². The van der Waals surface area contributed by atoms with Gasteiger partial charge < -0.3 is 19.8 Å². The van der Waals surface area contributed by atoms with Gasteiger partial charge in [0.05, 0.1) is 18.9 Å². The number of aliphatic imine (C=N–C) groups is 1. The van der Waals surface area contributed by atoms with Crippen molar-refractivity contribution < 1.29 is 22.3 Å². The van der Waals surface area contributed by atoms with Crippen molar-refractivity contribution in [1.29, 1.82) is 0 Å². The number of nitrogens with zero attached hydrogens (tertiary/aromatic N) is 2. The third kappa shape index (κ3) is 6.24. The molecule has 1 saturated heterocycles. The number of rotatable bonds is 7. The number of aromatic nitrogens is 1. The summed E-state index contributed by atoms with van der Waals surface area (Å²) in [6, 6.07) is 3.70. The molecule has 0 radical (unpaired) electrons. The molecule has 3 heterocycles. The van der Waals surface area contributed by atoms with Crippen LogP contribution in [-0.2, 0) is 23.9 Å². The largest absolute Gasteiger partial charge is 0.469 e. The van der Waals surface area contributed by atoms with Crippen molar-refractivity contribution in [2.75, 3.05) is 19.7 Å². The van der Waals surface area contributed by atoms with Crippen LogP contribution in [0.1, 0.15) is 29.3 Å². The summed E-state index contributed by atoms with van der Waals surface area (Å²) >= 11 is 0.950. The van der Waals surface area contributed by atoms with E-state index in [2.05, 4.69) is 20.6 Å². The third-order valence-corrected chi connectivity index (χ3v) is 4.81. The first-order valence-electron chi connectivity index (χ1n) is 8.68. The van der Waals surface area contributed by atoms with Gasteiger partial charge in [0.25, 0.3) is 0 Å². The average Bonchev–Trinajstić information content (AvgIpc) is 3.39. The normalized spacial score (nSPS) is 18.0. The molecule has 6 nitrogen and oxygen atoms in total. The highest BCUT2D eigenvalue weighted by Crippen LogP contribution is 2.30. The maximum Gasteiger partial charge on any atom is 0.434 e. The van der Waals surface area contributed by atoms with E-state index in [1.165, 1.54) is 0 Å². The smallest absolute Gasteiger partial charge is 0.434 e. The topological polar surface area (TPSA) is 71.7 Å². The maximum absolute atomic E-state index is 12.7. The molecular formula is C17H21F3N4O2S. The number of furan rings is 1. The van der Waals surface area contributed by atoms with Crippen LogP contribution < -0.4 is 10.6 Å². The lowest BCUT2D eigenvalue weighted by Gasteiger charge is -2.15. The van der Waals surface area contributed by atoms with Crippen molar-refractivity contribution >= 4 is 17.3 Å². The Balaban J connectivity index is 1.56. The van der Waals surface area contributed by atoms with Gasteiger partial charge in [0.2, 0.25) is 0 Å². The summed E-state index contributed by atoms with van der Waals surface area (Å²) in [6.45, 7) is 2.00. The summed E-state index contributed by atoms with van der Waals surface area (Å²) in [5.74, 6) is 1.36. The van der Waals surface area contributed by atoms with Crippen molar-refractivity contribution in [2.45, 2.75) is 38.1 Å². The molecule has 1 aliphatic rings. The minimum Gasteiger partial charge on any atom is -0.469 e. The lowest BCUT2D eigenvalue weighted by Crippen LogP contribution is -2.41. The Bertz CT molecular complexity index is 725. The van der Waals surface area contributed by atoms with E-state index >= 15 is 0 Å². The SMILES string of the molecule is FC(F)(F)c1csc(CN=C(NCCc2ccco2)NCC2CCCO2)n1. The maximum atomic E-state index is 12.7. The van der Waals surface area contributed by atoms with Crippen LogP contribution in [0.25, 0.3) is 0 Å². The van der Waals surface area contributed by atoms with Crippen molar-refractivity contribution in [2.24, 2.45) is 4.99 Å². The molecule has 148 valence electrons. The zero-order valence-corrected chi connectivity index (χ0v) is 15.4. The molecule has 1 unspecified atom stereocenters. The van der Waals surface area contributed by atoms with E-state index in [0.29, 0.717) is 30.5 Å². The summed E-state index contributed by atoms with van der Waals surface area (Å²) in [5, 5.41) is 7.67. The lowest BCUT2D eigenvalue weighted by molar-refractivity contribution is -0.140. The third-order valence-electron chi connectivity index (χ3n) is 3.98. The summed E-state index contributed by atoms with van der Waals surface area (Å²) in [6.07, 6.45) is -0.0124. The number of hydrogen-bond acceptors (Lipinski definition) is 5. The zero-order chi connectivity index (χ0) is 19.1. The number of alkyl halides is 3. The van der Waals surface area contributed by atoms with Gasteiger partial charge in [0.15, 0.2) is 11.7 Å². The number of halogens is 3. The molecule has 2 aromatic rings. The van der Waals surface area contributed by atoms with Gasteiger partial charge in [0, 0.05) is 31.5 Å². The summed E-state index contributed by atoms with van der Waals surface area (Å²) < 4.78 is 48.8. The molecule has 1 aliphatic heterocycles. The fraction of sp³-hybridized carbons (Fsp3) is 0.529. The highest BCUT2D eigenvalue weighted by Gasteiger charge is 2.33. The number of guanidine groups is 1. The average molecular weight is 402 g/mol. The quantitative estimate of drug-likeness (QED) is 0.550. The van der Waals surface area contributed by atoms with Crippen molar-refractivity contribution in [1.82, 2.24) is 15.6 Å². The monoisotopic (exact) mass is 402 g/mol. The van der Waals surface area contributed by atoms with E-state index in [0.717, 1.165) is 41.9 Å². The van der Waals surface area contributed by atoms with Gasteiger partial charge in [-0.1, -0.05) is 0 Å². The minimum atomic E-state index is -4.43. The predicted molar refractivity (Wildman–Crippen MR) is 95.6 cm³/mol. The molecule has 27 heavy (non-hydrogen) atoms. The van der Waals surface area contributed by atoms with E-state index in [-0.39, 0.29) is 12.6 Å². The molecule has 3 rings (SSSR count). The van der Waals surface area contributed by atoms with Crippen LogP contribution >= 0.6 is 11.3 Å². The molecule has 10 heteroatoms. The highest BCUT2D eigenvalue weighted by atomic mass is 32.1. The van der Waals surface area contributed by atoms with Gasteiger partial charge in [-0.25, -0.2) is 9.98 Å². The second-order valence-corrected chi connectivity index (χ2v) is 7.00. The van der Waals surface area contributed by atoms with E-state index in [1.807, 2.05) is 12.1 Å². The second-order valence-electron chi connectivity index (χ2n) is 6.06. The Morgan fingerprint density at radius 3 is 2.93 bits per heavy atom. The summed E-state index contributed by atoms with van der Waals surface area (Å²) in [4.78, 5) is 7.96. The second kappa shape index (κ2) is 9.23. The number of hydrogen-bond donors (Lipinski definition) is 2. The van der Waals surface area contributed by atoms with Crippen LogP contribution in [0.4, 0.5) is 13.2 Å². The Kier molecular flexibility index (Phi) is 6.73. The van der Waals surface area contributed by atoms with Gasteiger partial charge in [0.1, 0.15) is 10.8 Å². The van der Waals surface area contributed by atoms with Crippen LogP contribution in [0.5, 0.6) is 0 Å². The fourth-order valence-corrected chi connectivity index (χ4v) is 3.33. The number of thiazole rings is 1. The molecule has 0 amide bonds. The molecule has 1 fully saturated rings. The van der Waals surface area contributed by atoms with Crippen LogP contribution in [-0.4, -0.2) is 36.7 Å².